The Hall–Kier alpha value is -1.85. The first-order valence-electron chi connectivity index (χ1n) is 7.76. The fourth-order valence-corrected chi connectivity index (χ4v) is 2.66. The number of thioether (sulfide) groups is 1. The van der Waals surface area contributed by atoms with Crippen molar-refractivity contribution < 1.29 is 4.79 Å². The number of hydrogen-bond donors (Lipinski definition) is 0. The van der Waals surface area contributed by atoms with Gasteiger partial charge in [-0.1, -0.05) is 48.2 Å². The minimum Gasteiger partial charge on any atom is -0.378 e. The van der Waals surface area contributed by atoms with E-state index in [-0.39, 0.29) is 22.8 Å². The molecule has 3 nitrogen and oxygen atoms in total. The summed E-state index contributed by atoms with van der Waals surface area (Å²) in [5.74, 6) is 0.569. The van der Waals surface area contributed by atoms with Gasteiger partial charge in [0, 0.05) is 19.8 Å². The lowest BCUT2D eigenvalue weighted by molar-refractivity contribution is -0.114. The highest BCUT2D eigenvalue weighted by molar-refractivity contribution is 8.93. The molecule has 0 atom stereocenters. The summed E-state index contributed by atoms with van der Waals surface area (Å²) in [4.78, 5) is 18.0. The van der Waals surface area contributed by atoms with Gasteiger partial charge in [0.15, 0.2) is 0 Å². The van der Waals surface area contributed by atoms with Crippen molar-refractivity contribution in [1.29, 1.82) is 0 Å². The average Bonchev–Trinajstić information content (AvgIpc) is 2.58. The van der Waals surface area contributed by atoms with Gasteiger partial charge < -0.3 is 4.90 Å². The first-order valence-corrected chi connectivity index (χ1v) is 8.74. The topological polar surface area (TPSA) is 32.7 Å². The number of hydrogen-bond acceptors (Lipinski definition) is 4. The molecule has 0 N–H and O–H groups in total. The average molecular weight is 419 g/mol. The van der Waals surface area contributed by atoms with Gasteiger partial charge in [-0.2, -0.15) is 0 Å². The van der Waals surface area contributed by atoms with Crippen LogP contribution in [0.1, 0.15) is 12.5 Å². The van der Waals surface area contributed by atoms with Crippen molar-refractivity contribution in [2.75, 3.05) is 24.7 Å². The summed E-state index contributed by atoms with van der Waals surface area (Å²) < 4.78 is 0. The van der Waals surface area contributed by atoms with E-state index >= 15 is 0 Å². The molecule has 2 aromatic rings. The number of aliphatic imine (C=N–C) groups is 1. The van der Waals surface area contributed by atoms with Gasteiger partial charge in [-0.15, -0.1) is 17.0 Å². The maximum Gasteiger partial charge on any atom is 0.140 e. The predicted molar refractivity (Wildman–Crippen MR) is 117 cm³/mol. The van der Waals surface area contributed by atoms with E-state index in [1.807, 2.05) is 56.6 Å². The summed E-state index contributed by atoms with van der Waals surface area (Å²) in [7, 11) is 4.04. The summed E-state index contributed by atoms with van der Waals surface area (Å²) in [6, 6.07) is 18.1. The second-order valence-corrected chi connectivity index (χ2v) is 6.59. The smallest absolute Gasteiger partial charge is 0.140 e. The van der Waals surface area contributed by atoms with Gasteiger partial charge in [0.1, 0.15) is 5.78 Å². The Balaban J connectivity index is 0.00000312. The lowest BCUT2D eigenvalue weighted by atomic mass is 10.2. The van der Waals surface area contributed by atoms with Crippen LogP contribution in [-0.2, 0) is 4.79 Å². The van der Waals surface area contributed by atoms with Gasteiger partial charge in [0.2, 0.25) is 0 Å². The lowest BCUT2D eigenvalue weighted by Gasteiger charge is -2.11. The summed E-state index contributed by atoms with van der Waals surface area (Å²) in [6.07, 6.45) is 3.99. The summed E-state index contributed by atoms with van der Waals surface area (Å²) >= 11 is 1.46. The quantitative estimate of drug-likeness (QED) is 0.465. The SMILES string of the molecule is Br.CC(=O)CSC(/C=C/c1ccc(N(C)C)cc1)=Nc1ccccc1. The Bertz CT molecular complexity index is 725. The molecule has 0 spiro atoms. The first-order chi connectivity index (χ1) is 11.5. The van der Waals surface area contributed by atoms with Crippen LogP contribution >= 0.6 is 28.7 Å². The molecule has 0 saturated heterocycles. The third kappa shape index (κ3) is 7.71. The van der Waals surface area contributed by atoms with Crippen molar-refractivity contribution in [1.82, 2.24) is 0 Å². The molecule has 25 heavy (non-hydrogen) atoms. The maximum absolute atomic E-state index is 11.3. The Morgan fingerprint density at radius 1 is 1.08 bits per heavy atom. The zero-order valence-corrected chi connectivity index (χ0v) is 17.2. The van der Waals surface area contributed by atoms with Crippen LogP contribution in [0.15, 0.2) is 65.7 Å². The van der Waals surface area contributed by atoms with E-state index in [2.05, 4.69) is 34.2 Å². The molecule has 0 aliphatic rings. The van der Waals surface area contributed by atoms with Crippen LogP contribution in [0.5, 0.6) is 0 Å². The Morgan fingerprint density at radius 2 is 1.72 bits per heavy atom. The van der Waals surface area contributed by atoms with Crippen molar-refractivity contribution in [2.24, 2.45) is 4.99 Å². The van der Waals surface area contributed by atoms with Gasteiger partial charge in [0.25, 0.3) is 0 Å². The number of carbonyl (C=O) groups is 1. The molecule has 0 heterocycles. The van der Waals surface area contributed by atoms with E-state index in [0.717, 1.165) is 22.0 Å². The zero-order chi connectivity index (χ0) is 17.4. The van der Waals surface area contributed by atoms with Crippen LogP contribution in [0.4, 0.5) is 11.4 Å². The molecule has 0 aromatic heterocycles. The number of anilines is 1. The van der Waals surface area contributed by atoms with Crippen LogP contribution in [0.3, 0.4) is 0 Å². The molecular weight excluding hydrogens is 396 g/mol. The Kier molecular flexibility index (Phi) is 9.24. The number of nitrogens with zero attached hydrogens (tertiary/aromatic N) is 2. The highest BCUT2D eigenvalue weighted by Gasteiger charge is 2.01. The van der Waals surface area contributed by atoms with Crippen molar-refractivity contribution in [3.63, 3.8) is 0 Å². The summed E-state index contributed by atoms with van der Waals surface area (Å²) in [5.41, 5.74) is 3.15. The molecule has 0 saturated carbocycles. The molecule has 132 valence electrons. The zero-order valence-electron chi connectivity index (χ0n) is 14.7. The summed E-state index contributed by atoms with van der Waals surface area (Å²) in [6.45, 7) is 1.59. The van der Waals surface area contributed by atoms with Crippen molar-refractivity contribution in [3.8, 4) is 0 Å². The fourth-order valence-electron chi connectivity index (χ4n) is 1.97. The van der Waals surface area contributed by atoms with Gasteiger partial charge in [-0.25, -0.2) is 4.99 Å². The van der Waals surface area contributed by atoms with E-state index in [4.69, 9.17) is 0 Å². The number of rotatable bonds is 6. The third-order valence-electron chi connectivity index (χ3n) is 3.25. The van der Waals surface area contributed by atoms with Crippen LogP contribution < -0.4 is 4.90 Å². The van der Waals surface area contributed by atoms with Crippen LogP contribution in [0, 0.1) is 0 Å². The van der Waals surface area contributed by atoms with E-state index < -0.39 is 0 Å². The van der Waals surface area contributed by atoms with E-state index in [1.165, 1.54) is 11.8 Å². The maximum atomic E-state index is 11.3. The molecule has 0 aliphatic heterocycles. The minimum atomic E-state index is 0. The molecule has 0 amide bonds. The van der Waals surface area contributed by atoms with Crippen molar-refractivity contribution >= 4 is 57.0 Å². The Labute approximate surface area is 164 Å². The normalized spacial score (nSPS) is 11.2. The number of Topliss-reactive ketones (excluding diaryl/α,β-unsaturated/α-hetero) is 1. The third-order valence-corrected chi connectivity index (χ3v) is 4.32. The first kappa shape index (κ1) is 21.2. The molecule has 0 radical (unpaired) electrons. The van der Waals surface area contributed by atoms with Crippen molar-refractivity contribution in [2.45, 2.75) is 6.92 Å². The van der Waals surface area contributed by atoms with E-state index in [1.54, 1.807) is 6.92 Å². The second kappa shape index (κ2) is 10.9. The second-order valence-electron chi connectivity index (χ2n) is 5.60. The molecule has 0 fully saturated rings. The molecule has 5 heteroatoms. The van der Waals surface area contributed by atoms with E-state index in [0.29, 0.717) is 5.75 Å². The molecule has 2 aromatic carbocycles. The highest BCUT2D eigenvalue weighted by atomic mass is 79.9. The van der Waals surface area contributed by atoms with Crippen LogP contribution in [-0.4, -0.2) is 30.7 Å². The highest BCUT2D eigenvalue weighted by Crippen LogP contribution is 2.18. The van der Waals surface area contributed by atoms with Gasteiger partial charge in [-0.05, 0) is 42.8 Å². The van der Waals surface area contributed by atoms with Gasteiger partial charge in [-0.3, -0.25) is 4.79 Å². The molecular formula is C20H23BrN2OS. The molecule has 0 unspecified atom stereocenters. The fraction of sp³-hybridized carbons (Fsp3) is 0.200. The lowest BCUT2D eigenvalue weighted by Crippen LogP contribution is -2.07. The molecule has 0 aliphatic carbocycles. The number of benzene rings is 2. The largest absolute Gasteiger partial charge is 0.378 e. The standard InChI is InChI=1S/C20H22N2OS.BrH/c1-16(23)15-24-20(21-18-7-5-4-6-8-18)14-11-17-9-12-19(13-10-17)22(2)3;/h4-14H,15H2,1-3H3;1H/b14-11+,21-20?;. The van der Waals surface area contributed by atoms with Crippen LogP contribution in [0.2, 0.25) is 0 Å². The number of ketones is 1. The predicted octanol–water partition coefficient (Wildman–Crippen LogP) is 5.40. The molecule has 0 bridgehead atoms. The van der Waals surface area contributed by atoms with Gasteiger partial charge in [0.05, 0.1) is 16.5 Å². The van der Waals surface area contributed by atoms with Gasteiger partial charge >= 0.3 is 0 Å². The summed E-state index contributed by atoms with van der Waals surface area (Å²) in [5, 5.41) is 0.827. The Morgan fingerprint density at radius 3 is 2.28 bits per heavy atom. The number of carbonyl (C=O) groups excluding carboxylic acids is 1. The number of halogens is 1. The van der Waals surface area contributed by atoms with Crippen LogP contribution in [0.25, 0.3) is 6.08 Å². The minimum absolute atomic E-state index is 0. The van der Waals surface area contributed by atoms with E-state index in [9.17, 15) is 4.79 Å². The number of para-hydroxylation sites is 1. The monoisotopic (exact) mass is 418 g/mol. The van der Waals surface area contributed by atoms with Crippen molar-refractivity contribution in [3.05, 3.63) is 66.2 Å². The molecule has 2 rings (SSSR count).